The van der Waals surface area contributed by atoms with E-state index in [0.717, 1.165) is 5.57 Å². The van der Waals surface area contributed by atoms with Gasteiger partial charge in [0.15, 0.2) is 6.29 Å². The van der Waals surface area contributed by atoms with Gasteiger partial charge in [0.25, 0.3) is 0 Å². The van der Waals surface area contributed by atoms with Crippen molar-refractivity contribution in [2.24, 2.45) is 0 Å². The first kappa shape index (κ1) is 26.2. The Morgan fingerprint density at radius 3 is 2.34 bits per heavy atom. The lowest BCUT2D eigenvalue weighted by Crippen LogP contribution is -2.61. The van der Waals surface area contributed by atoms with Crippen LogP contribution in [0.5, 0.6) is 0 Å². The van der Waals surface area contributed by atoms with E-state index >= 15 is 0 Å². The Labute approximate surface area is 173 Å². The Bertz CT molecular complexity index is 543. The predicted molar refractivity (Wildman–Crippen MR) is 108 cm³/mol. The van der Waals surface area contributed by atoms with Gasteiger partial charge in [0.05, 0.1) is 23.9 Å². The number of allylic oxidation sites excluding steroid dienone is 2. The largest absolute Gasteiger partial charge is 0.394 e. The standard InChI is InChI=1S/C21H38O8/c1-6-21(5,27)11-7-8-13(2)9-10-15(23)20(3,4)29-19-18(26)17(25)16(24)14(12-22)28-19/h6,8,14-19,22-27H,1,7,9-12H2,2-5H3/b13-8+/t14-,15-,16-,17+,18-,19+,21-/m1/s1. The van der Waals surface area contributed by atoms with Crippen molar-refractivity contribution in [3.63, 3.8) is 0 Å². The molecular weight excluding hydrogens is 380 g/mol. The first-order valence-electron chi connectivity index (χ1n) is 10.0. The van der Waals surface area contributed by atoms with Crippen molar-refractivity contribution in [2.75, 3.05) is 6.61 Å². The van der Waals surface area contributed by atoms with Gasteiger partial charge in [-0.3, -0.25) is 0 Å². The molecular formula is C21H38O8. The van der Waals surface area contributed by atoms with E-state index in [9.17, 15) is 30.6 Å². The van der Waals surface area contributed by atoms with Crippen LogP contribution in [0.2, 0.25) is 0 Å². The molecule has 6 N–H and O–H groups in total. The lowest BCUT2D eigenvalue weighted by Gasteiger charge is -2.43. The fourth-order valence-electron chi connectivity index (χ4n) is 3.07. The summed E-state index contributed by atoms with van der Waals surface area (Å²) in [6, 6.07) is 0. The zero-order valence-electron chi connectivity index (χ0n) is 17.9. The highest BCUT2D eigenvalue weighted by Gasteiger charge is 2.46. The summed E-state index contributed by atoms with van der Waals surface area (Å²) in [5.41, 5.74) is -0.953. The van der Waals surface area contributed by atoms with Crippen LogP contribution in [0.4, 0.5) is 0 Å². The maximum atomic E-state index is 10.6. The van der Waals surface area contributed by atoms with Gasteiger partial charge in [-0.25, -0.2) is 0 Å². The molecule has 8 nitrogen and oxygen atoms in total. The van der Waals surface area contributed by atoms with E-state index in [1.54, 1.807) is 20.8 Å². The number of ether oxygens (including phenoxy) is 2. The van der Waals surface area contributed by atoms with Gasteiger partial charge in [-0.15, -0.1) is 6.58 Å². The smallest absolute Gasteiger partial charge is 0.187 e. The second-order valence-corrected chi connectivity index (χ2v) is 8.62. The molecule has 1 rings (SSSR count). The van der Waals surface area contributed by atoms with E-state index in [1.165, 1.54) is 6.08 Å². The Morgan fingerprint density at radius 1 is 1.17 bits per heavy atom. The van der Waals surface area contributed by atoms with Crippen LogP contribution < -0.4 is 0 Å². The van der Waals surface area contributed by atoms with Gasteiger partial charge in [-0.05, 0) is 53.4 Å². The van der Waals surface area contributed by atoms with Crippen molar-refractivity contribution in [1.29, 1.82) is 0 Å². The lowest BCUT2D eigenvalue weighted by molar-refractivity contribution is -0.331. The van der Waals surface area contributed by atoms with Gasteiger partial charge in [0.2, 0.25) is 0 Å². The molecule has 1 fully saturated rings. The minimum atomic E-state index is -1.53. The summed E-state index contributed by atoms with van der Waals surface area (Å²) >= 11 is 0. The van der Waals surface area contributed by atoms with E-state index in [1.807, 2.05) is 13.0 Å². The summed E-state index contributed by atoms with van der Waals surface area (Å²) < 4.78 is 11.1. The van der Waals surface area contributed by atoms with Gasteiger partial charge in [-0.2, -0.15) is 0 Å². The molecule has 0 saturated carbocycles. The molecule has 8 heteroatoms. The molecule has 0 radical (unpaired) electrons. The molecule has 29 heavy (non-hydrogen) atoms. The third-order valence-corrected chi connectivity index (χ3v) is 5.47. The minimum absolute atomic E-state index is 0.393. The number of rotatable bonds is 11. The van der Waals surface area contributed by atoms with E-state index in [4.69, 9.17) is 9.47 Å². The van der Waals surface area contributed by atoms with Crippen molar-refractivity contribution in [3.8, 4) is 0 Å². The van der Waals surface area contributed by atoms with E-state index in [-0.39, 0.29) is 0 Å². The fraction of sp³-hybridized carbons (Fsp3) is 0.810. The van der Waals surface area contributed by atoms with Gasteiger partial charge >= 0.3 is 0 Å². The Hall–Kier alpha value is -0.840. The summed E-state index contributed by atoms with van der Waals surface area (Å²) in [6.45, 7) is 9.98. The van der Waals surface area contributed by atoms with Crippen LogP contribution in [0.3, 0.4) is 0 Å². The summed E-state index contributed by atoms with van der Waals surface area (Å²) in [6.07, 6.45) is -1.99. The van der Waals surface area contributed by atoms with E-state index in [2.05, 4.69) is 6.58 Å². The monoisotopic (exact) mass is 418 g/mol. The van der Waals surface area contributed by atoms with Crippen LogP contribution >= 0.6 is 0 Å². The molecule has 1 aliphatic heterocycles. The topological polar surface area (TPSA) is 140 Å². The molecule has 0 amide bonds. The molecule has 0 aromatic carbocycles. The van der Waals surface area contributed by atoms with Crippen molar-refractivity contribution >= 4 is 0 Å². The van der Waals surface area contributed by atoms with Gasteiger partial charge in [0, 0.05) is 0 Å². The highest BCUT2D eigenvalue weighted by atomic mass is 16.7. The molecule has 0 spiro atoms. The number of aliphatic hydroxyl groups is 6. The zero-order chi connectivity index (χ0) is 22.4. The molecule has 170 valence electrons. The Balaban J connectivity index is 2.59. The summed E-state index contributed by atoms with van der Waals surface area (Å²) in [4.78, 5) is 0. The first-order valence-corrected chi connectivity index (χ1v) is 10.0. The van der Waals surface area contributed by atoms with Crippen molar-refractivity contribution < 1.29 is 40.1 Å². The molecule has 0 bridgehead atoms. The van der Waals surface area contributed by atoms with Crippen LogP contribution in [-0.2, 0) is 9.47 Å². The van der Waals surface area contributed by atoms with Crippen LogP contribution in [0.25, 0.3) is 0 Å². The average Bonchev–Trinajstić information content (AvgIpc) is 2.66. The molecule has 1 heterocycles. The number of aliphatic hydroxyl groups excluding tert-OH is 5. The molecule has 0 aromatic heterocycles. The molecule has 7 atom stereocenters. The quantitative estimate of drug-likeness (QED) is 0.265. The predicted octanol–water partition coefficient (Wildman–Crippen LogP) is 0.386. The van der Waals surface area contributed by atoms with Crippen LogP contribution in [-0.4, -0.2) is 85.3 Å². The van der Waals surface area contributed by atoms with E-state index in [0.29, 0.717) is 25.7 Å². The van der Waals surface area contributed by atoms with Gasteiger partial charge < -0.3 is 40.1 Å². The third-order valence-electron chi connectivity index (χ3n) is 5.47. The third kappa shape index (κ3) is 7.73. The summed E-state index contributed by atoms with van der Waals surface area (Å²) in [7, 11) is 0. The maximum absolute atomic E-state index is 10.6. The lowest BCUT2D eigenvalue weighted by atomic mass is 9.93. The SMILES string of the molecule is C=C[C@@](C)(O)CC/C=C(\C)CC[C@@H](O)C(C)(C)O[C@@H]1O[C@H](CO)[C@@H](O)[C@H](O)[C@H]1O. The molecule has 1 saturated heterocycles. The molecule has 0 aromatic rings. The maximum Gasteiger partial charge on any atom is 0.187 e. The average molecular weight is 419 g/mol. The summed E-state index contributed by atoms with van der Waals surface area (Å²) in [5, 5.41) is 59.6. The van der Waals surface area contributed by atoms with E-state index < -0.39 is 54.6 Å². The van der Waals surface area contributed by atoms with Crippen LogP contribution in [0, 0.1) is 0 Å². The summed E-state index contributed by atoms with van der Waals surface area (Å²) in [5.74, 6) is 0. The second kappa shape index (κ2) is 11.0. The van der Waals surface area contributed by atoms with Gasteiger partial charge in [-0.1, -0.05) is 17.7 Å². The number of hydrogen-bond acceptors (Lipinski definition) is 8. The van der Waals surface area contributed by atoms with Crippen molar-refractivity contribution in [3.05, 3.63) is 24.3 Å². The van der Waals surface area contributed by atoms with Crippen LogP contribution in [0.1, 0.15) is 53.4 Å². The zero-order valence-corrected chi connectivity index (χ0v) is 17.9. The fourth-order valence-corrected chi connectivity index (χ4v) is 3.07. The molecule has 0 aliphatic carbocycles. The van der Waals surface area contributed by atoms with Crippen LogP contribution in [0.15, 0.2) is 24.3 Å². The first-order chi connectivity index (χ1) is 13.3. The highest BCUT2D eigenvalue weighted by molar-refractivity contribution is 5.02. The minimum Gasteiger partial charge on any atom is -0.394 e. The van der Waals surface area contributed by atoms with Crippen molar-refractivity contribution in [2.45, 2.75) is 101 Å². The molecule has 1 aliphatic rings. The highest BCUT2D eigenvalue weighted by Crippen LogP contribution is 2.29. The Kier molecular flexibility index (Phi) is 9.91. The Morgan fingerprint density at radius 2 is 1.79 bits per heavy atom. The van der Waals surface area contributed by atoms with Crippen molar-refractivity contribution in [1.82, 2.24) is 0 Å². The normalized spacial score (nSPS) is 31.9. The second-order valence-electron chi connectivity index (χ2n) is 8.62. The number of hydrogen-bond donors (Lipinski definition) is 6. The van der Waals surface area contributed by atoms with Gasteiger partial charge in [0.1, 0.15) is 24.4 Å². The molecule has 0 unspecified atom stereocenters.